The van der Waals surface area contributed by atoms with Gasteiger partial charge in [0.2, 0.25) is 0 Å². The molecule has 1 nitrogen and oxygen atoms in total. The van der Waals surface area contributed by atoms with Crippen LogP contribution in [0.4, 0.5) is 5.69 Å². The quantitative estimate of drug-likeness (QED) is 0.721. The molecule has 18 heavy (non-hydrogen) atoms. The van der Waals surface area contributed by atoms with E-state index in [9.17, 15) is 0 Å². The second-order valence-electron chi connectivity index (χ2n) is 5.17. The number of thiophene rings is 1. The fraction of sp³-hybridized carbons (Fsp3) is 0.500. The zero-order chi connectivity index (χ0) is 13.0. The second kappa shape index (κ2) is 6.24. The number of fused-ring (bicyclic) bond motifs is 1. The first-order valence-electron chi connectivity index (χ1n) is 6.96. The summed E-state index contributed by atoms with van der Waals surface area (Å²) in [7, 11) is 0. The molecule has 0 aliphatic rings. The number of rotatable bonds is 6. The van der Waals surface area contributed by atoms with Crippen LogP contribution < -0.4 is 5.32 Å². The van der Waals surface area contributed by atoms with E-state index >= 15 is 0 Å². The van der Waals surface area contributed by atoms with Crippen molar-refractivity contribution in [3.8, 4) is 0 Å². The van der Waals surface area contributed by atoms with Crippen LogP contribution in [0.2, 0.25) is 0 Å². The predicted molar refractivity (Wildman–Crippen MR) is 83.6 cm³/mol. The van der Waals surface area contributed by atoms with Gasteiger partial charge in [0.15, 0.2) is 0 Å². The third-order valence-electron chi connectivity index (χ3n) is 3.70. The second-order valence-corrected chi connectivity index (χ2v) is 6.12. The van der Waals surface area contributed by atoms with E-state index < -0.39 is 0 Å². The summed E-state index contributed by atoms with van der Waals surface area (Å²) in [6, 6.07) is 9.48. The summed E-state index contributed by atoms with van der Waals surface area (Å²) in [4.78, 5) is 0. The molecule has 0 bridgehead atoms. The molecule has 2 atom stereocenters. The van der Waals surface area contributed by atoms with E-state index in [1.807, 2.05) is 11.3 Å². The van der Waals surface area contributed by atoms with Gasteiger partial charge in [0.1, 0.15) is 0 Å². The summed E-state index contributed by atoms with van der Waals surface area (Å²) >= 11 is 1.81. The molecule has 2 unspecified atom stereocenters. The van der Waals surface area contributed by atoms with Gasteiger partial charge in [-0.25, -0.2) is 0 Å². The monoisotopic (exact) mass is 261 g/mol. The Bertz CT molecular complexity index is 489. The largest absolute Gasteiger partial charge is 0.382 e. The normalized spacial score (nSPS) is 14.6. The molecule has 0 radical (unpaired) electrons. The van der Waals surface area contributed by atoms with E-state index in [0.29, 0.717) is 6.04 Å². The van der Waals surface area contributed by atoms with Crippen LogP contribution in [-0.4, -0.2) is 6.04 Å². The van der Waals surface area contributed by atoms with Crippen LogP contribution in [0.1, 0.15) is 40.0 Å². The van der Waals surface area contributed by atoms with Crippen molar-refractivity contribution in [1.29, 1.82) is 0 Å². The summed E-state index contributed by atoms with van der Waals surface area (Å²) < 4.78 is 1.37. The third-order valence-corrected chi connectivity index (χ3v) is 4.60. The van der Waals surface area contributed by atoms with Crippen LogP contribution in [0.15, 0.2) is 29.6 Å². The Morgan fingerprint density at radius 3 is 2.72 bits per heavy atom. The van der Waals surface area contributed by atoms with E-state index in [-0.39, 0.29) is 0 Å². The van der Waals surface area contributed by atoms with Crippen LogP contribution in [0.3, 0.4) is 0 Å². The van der Waals surface area contributed by atoms with Gasteiger partial charge in [0.25, 0.3) is 0 Å². The Morgan fingerprint density at radius 1 is 1.17 bits per heavy atom. The van der Waals surface area contributed by atoms with E-state index in [1.165, 1.54) is 35.0 Å². The number of hydrogen-bond donors (Lipinski definition) is 1. The van der Waals surface area contributed by atoms with Gasteiger partial charge in [-0.15, -0.1) is 11.3 Å². The number of benzene rings is 1. The van der Waals surface area contributed by atoms with Crippen molar-refractivity contribution in [2.45, 2.75) is 46.1 Å². The molecule has 0 fully saturated rings. The smallest absolute Gasteiger partial charge is 0.0349 e. The highest BCUT2D eigenvalue weighted by Crippen LogP contribution is 2.25. The first kappa shape index (κ1) is 13.4. The molecule has 1 N–H and O–H groups in total. The maximum atomic E-state index is 3.68. The fourth-order valence-corrected chi connectivity index (χ4v) is 3.04. The molecule has 98 valence electrons. The summed E-state index contributed by atoms with van der Waals surface area (Å²) in [5, 5.41) is 7.19. The molecule has 0 saturated heterocycles. The Balaban J connectivity index is 2.06. The summed E-state index contributed by atoms with van der Waals surface area (Å²) in [6.07, 6.45) is 3.71. The van der Waals surface area contributed by atoms with Crippen molar-refractivity contribution in [1.82, 2.24) is 0 Å². The van der Waals surface area contributed by atoms with Gasteiger partial charge in [-0.1, -0.05) is 27.2 Å². The molecule has 0 amide bonds. The minimum absolute atomic E-state index is 0.594. The number of anilines is 1. The van der Waals surface area contributed by atoms with Crippen LogP contribution in [0, 0.1) is 5.92 Å². The zero-order valence-electron chi connectivity index (χ0n) is 11.6. The Labute approximate surface area is 114 Å². The molecule has 1 aromatic carbocycles. The zero-order valence-corrected chi connectivity index (χ0v) is 12.4. The number of hydrogen-bond acceptors (Lipinski definition) is 2. The minimum Gasteiger partial charge on any atom is -0.382 e. The van der Waals surface area contributed by atoms with Crippen molar-refractivity contribution < 1.29 is 0 Å². The van der Waals surface area contributed by atoms with Crippen molar-refractivity contribution in [2.24, 2.45) is 5.92 Å². The Hall–Kier alpha value is -1.02. The van der Waals surface area contributed by atoms with E-state index in [4.69, 9.17) is 0 Å². The van der Waals surface area contributed by atoms with E-state index in [1.54, 1.807) is 0 Å². The van der Waals surface area contributed by atoms with E-state index in [0.717, 1.165) is 5.92 Å². The van der Waals surface area contributed by atoms with Crippen LogP contribution in [0.25, 0.3) is 10.1 Å². The van der Waals surface area contributed by atoms with Gasteiger partial charge in [0, 0.05) is 16.4 Å². The molecule has 2 heteroatoms. The molecule has 1 heterocycles. The summed E-state index contributed by atoms with van der Waals surface area (Å²) in [5.74, 6) is 0.798. The lowest BCUT2D eigenvalue weighted by Gasteiger charge is -2.21. The van der Waals surface area contributed by atoms with Crippen LogP contribution in [-0.2, 0) is 0 Å². The third kappa shape index (κ3) is 3.26. The highest BCUT2D eigenvalue weighted by atomic mass is 32.1. The highest BCUT2D eigenvalue weighted by molar-refractivity contribution is 7.17. The SMILES string of the molecule is CCC(C)CC(CC)Nc1ccc2sccc2c1. The molecule has 2 rings (SSSR count). The molecule has 0 aliphatic carbocycles. The van der Waals surface area contributed by atoms with Gasteiger partial charge in [0.05, 0.1) is 0 Å². The van der Waals surface area contributed by atoms with Crippen molar-refractivity contribution >= 4 is 27.1 Å². The maximum Gasteiger partial charge on any atom is 0.0349 e. The lowest BCUT2D eigenvalue weighted by atomic mass is 9.97. The molecular weight excluding hydrogens is 238 g/mol. The van der Waals surface area contributed by atoms with Gasteiger partial charge in [-0.2, -0.15) is 0 Å². The average Bonchev–Trinajstić information content (AvgIpc) is 2.85. The summed E-state index contributed by atoms with van der Waals surface area (Å²) in [6.45, 7) is 6.88. The molecular formula is C16H23NS. The standard InChI is InChI=1S/C16H23NS/c1-4-12(3)10-14(5-2)17-15-6-7-16-13(11-15)8-9-18-16/h6-9,11-12,14,17H,4-5,10H2,1-3H3. The average molecular weight is 261 g/mol. The van der Waals surface area contributed by atoms with Crippen LogP contribution >= 0.6 is 11.3 Å². The van der Waals surface area contributed by atoms with Gasteiger partial charge >= 0.3 is 0 Å². The lowest BCUT2D eigenvalue weighted by Crippen LogP contribution is -2.21. The predicted octanol–water partition coefficient (Wildman–Crippen LogP) is 5.53. The molecule has 0 saturated carbocycles. The fourth-order valence-electron chi connectivity index (χ4n) is 2.27. The molecule has 0 spiro atoms. The molecule has 2 aromatic rings. The Kier molecular flexibility index (Phi) is 4.65. The van der Waals surface area contributed by atoms with Crippen LogP contribution in [0.5, 0.6) is 0 Å². The minimum atomic E-state index is 0.594. The van der Waals surface area contributed by atoms with Gasteiger partial charge in [-0.3, -0.25) is 0 Å². The van der Waals surface area contributed by atoms with Gasteiger partial charge < -0.3 is 5.32 Å². The Morgan fingerprint density at radius 2 is 2.00 bits per heavy atom. The first-order valence-corrected chi connectivity index (χ1v) is 7.84. The summed E-state index contributed by atoms with van der Waals surface area (Å²) in [5.41, 5.74) is 1.26. The van der Waals surface area contributed by atoms with Crippen molar-refractivity contribution in [3.63, 3.8) is 0 Å². The molecule has 0 aliphatic heterocycles. The van der Waals surface area contributed by atoms with Crippen molar-refractivity contribution in [2.75, 3.05) is 5.32 Å². The first-order chi connectivity index (χ1) is 8.72. The number of nitrogens with one attached hydrogen (secondary N) is 1. The topological polar surface area (TPSA) is 12.0 Å². The van der Waals surface area contributed by atoms with Gasteiger partial charge in [-0.05, 0) is 53.8 Å². The molecule has 1 aromatic heterocycles. The van der Waals surface area contributed by atoms with E-state index in [2.05, 4.69) is 55.7 Å². The highest BCUT2D eigenvalue weighted by Gasteiger charge is 2.10. The maximum absolute atomic E-state index is 3.68. The van der Waals surface area contributed by atoms with Crippen molar-refractivity contribution in [3.05, 3.63) is 29.6 Å². The lowest BCUT2D eigenvalue weighted by molar-refractivity contribution is 0.462.